The maximum Gasteiger partial charge on any atom is 0.305 e. The molecular weight excluding hydrogens is 1670 g/mol. The van der Waals surface area contributed by atoms with Crippen LogP contribution in [0.15, 0.2) is 278 Å². The van der Waals surface area contributed by atoms with Crippen LogP contribution < -0.4 is 9.80 Å². The fourth-order valence-electron chi connectivity index (χ4n) is 12.3. The number of esters is 2. The van der Waals surface area contributed by atoms with Crippen LogP contribution in [0.25, 0.3) is 69.5 Å². The van der Waals surface area contributed by atoms with Gasteiger partial charge < -0.3 is 19.3 Å². The predicted octanol–water partition coefficient (Wildman–Crippen LogP) is 28.8. The Hall–Kier alpha value is -9.08. The Morgan fingerprint density at radius 2 is 0.593 bits per heavy atom. The largest absolute Gasteiger partial charge is 0.469 e. The van der Waals surface area contributed by atoms with E-state index < -0.39 is 0 Å². The highest BCUT2D eigenvalue weighted by Crippen LogP contribution is 2.44. The van der Waals surface area contributed by atoms with Crippen LogP contribution in [0.2, 0.25) is 0 Å². The van der Waals surface area contributed by atoms with E-state index in [-0.39, 0.29) is 22.8 Å². The summed E-state index contributed by atoms with van der Waals surface area (Å²) in [5.74, 6) is -0.409. The van der Waals surface area contributed by atoms with Crippen molar-refractivity contribution < 1.29 is 19.1 Å². The fraction of sp³-hybridized carbons (Fsp3) is 0.128. The van der Waals surface area contributed by atoms with Crippen molar-refractivity contribution in [3.05, 3.63) is 357 Å². The van der Waals surface area contributed by atoms with Gasteiger partial charge in [-0.05, 0) is 295 Å². The molecule has 8 aromatic carbocycles. The van der Waals surface area contributed by atoms with Gasteiger partial charge in [0.1, 0.15) is 0 Å². The van der Waals surface area contributed by atoms with Gasteiger partial charge in [-0.25, -0.2) is 0 Å². The lowest BCUT2D eigenvalue weighted by atomic mass is 9.90. The van der Waals surface area contributed by atoms with Gasteiger partial charge in [-0.2, -0.15) is 0 Å². The standard InChI is InChI=1S/C67H58N2O4S4.C27H22I2S2/c1-67(2,63-41-39-59(76-63)37-17-47-9-25-53(26-10-47)68(55-29-13-49(14-30-55)19-43-65(70)72-3)57-33-21-51(22-34-57)61-7-5-45-74-61)64-42-40-60(77-64)38-18-48-11-27-54(28-12-48)69(56-31-15-50(16-32-56)20-44-66(71)73-4)58-35-23-52(24-36-58)62-8-6-46-75-62;1-27(2,25-17-15-23(30-25)13-7-19-3-9-21(28)10-4-19)26-18-16-24(31-26)14-8-20-5-11-22(29)12-6-20/h5-18,21-42,45-46H,19-20,43-44H2,1-4H3;3-18H,1-2H3/b37-17+,38-18+;13-7+,14-8+. The number of halogens is 2. The molecule has 14 heteroatoms. The van der Waals surface area contributed by atoms with E-state index in [9.17, 15) is 9.59 Å². The summed E-state index contributed by atoms with van der Waals surface area (Å²) < 4.78 is 12.3. The number of rotatable bonds is 26. The van der Waals surface area contributed by atoms with Gasteiger partial charge in [-0.1, -0.05) is 161 Å². The second-order valence-electron chi connectivity index (χ2n) is 26.9. The zero-order valence-corrected chi connectivity index (χ0v) is 70.0. The molecule has 0 atom stereocenters. The Morgan fingerprint density at radius 1 is 0.333 bits per heavy atom. The van der Waals surface area contributed by atoms with Crippen molar-refractivity contribution in [3.8, 4) is 20.9 Å². The first-order chi connectivity index (χ1) is 52.5. The summed E-state index contributed by atoms with van der Waals surface area (Å²) >= 11 is 15.6. The molecule has 0 bridgehead atoms. The van der Waals surface area contributed by atoms with Crippen LogP contribution in [0.4, 0.5) is 34.1 Å². The zero-order chi connectivity index (χ0) is 75.0. The maximum absolute atomic E-state index is 11.8. The molecule has 0 unspecified atom stereocenters. The number of anilines is 6. The average Bonchev–Trinajstić information content (AvgIpc) is 1.36. The summed E-state index contributed by atoms with van der Waals surface area (Å²) in [7, 11) is 2.86. The van der Waals surface area contributed by atoms with Gasteiger partial charge in [0.25, 0.3) is 0 Å². The van der Waals surface area contributed by atoms with Crippen molar-refractivity contribution in [1.29, 1.82) is 0 Å². The Kier molecular flexibility index (Phi) is 26.0. The Bertz CT molecular complexity index is 5040. The molecular formula is C94H80I2N2O4S6. The molecule has 0 fully saturated rings. The highest BCUT2D eigenvalue weighted by atomic mass is 127. The summed E-state index contributed by atoms with van der Waals surface area (Å²) in [5.41, 5.74) is 15.4. The lowest BCUT2D eigenvalue weighted by Gasteiger charge is -2.26. The van der Waals surface area contributed by atoms with Crippen LogP contribution in [0.1, 0.15) is 113 Å². The molecule has 108 heavy (non-hydrogen) atoms. The number of aryl methyl sites for hydroxylation is 2. The van der Waals surface area contributed by atoms with Crippen LogP contribution in [0, 0.1) is 7.14 Å². The number of carbonyl (C=O) groups is 2. The topological polar surface area (TPSA) is 59.1 Å². The van der Waals surface area contributed by atoms with Gasteiger partial charge in [-0.15, -0.1) is 68.0 Å². The van der Waals surface area contributed by atoms with E-state index in [4.69, 9.17) is 9.47 Å². The second-order valence-corrected chi connectivity index (χ2v) is 35.7. The lowest BCUT2D eigenvalue weighted by molar-refractivity contribution is -0.141. The molecule has 0 aliphatic carbocycles. The molecule has 0 N–H and O–H groups in total. The third-order valence-corrected chi connectivity index (χ3v) is 27.5. The molecule has 540 valence electrons. The minimum atomic E-state index is -0.205. The molecule has 0 amide bonds. The van der Waals surface area contributed by atoms with Gasteiger partial charge in [0.05, 0.1) is 14.2 Å². The van der Waals surface area contributed by atoms with Crippen LogP contribution in [-0.2, 0) is 42.7 Å². The van der Waals surface area contributed by atoms with Gasteiger partial charge in [-0.3, -0.25) is 9.59 Å². The first kappa shape index (κ1) is 77.1. The summed E-state index contributed by atoms with van der Waals surface area (Å²) in [4.78, 5) is 41.1. The van der Waals surface area contributed by atoms with Gasteiger partial charge in [0, 0.05) is 114 Å². The molecule has 6 nitrogen and oxygen atoms in total. The minimum absolute atomic E-state index is 0.000762. The number of benzene rings is 8. The maximum atomic E-state index is 11.8. The first-order valence-electron chi connectivity index (χ1n) is 35.5. The normalized spacial score (nSPS) is 11.8. The van der Waals surface area contributed by atoms with E-state index in [1.54, 1.807) is 22.7 Å². The second kappa shape index (κ2) is 36.4. The Morgan fingerprint density at radius 3 is 0.852 bits per heavy atom. The summed E-state index contributed by atoms with van der Waals surface area (Å²) in [6.45, 7) is 9.28. The highest BCUT2D eigenvalue weighted by molar-refractivity contribution is 14.1. The molecule has 0 spiro atoms. The number of thiophene rings is 6. The molecule has 14 aromatic rings. The third kappa shape index (κ3) is 20.0. The van der Waals surface area contributed by atoms with Crippen molar-refractivity contribution >= 4 is 208 Å². The molecule has 0 saturated carbocycles. The monoisotopic (exact) mass is 1750 g/mol. The van der Waals surface area contributed by atoms with Crippen molar-refractivity contribution in [2.45, 2.75) is 64.2 Å². The Labute approximate surface area is 686 Å². The van der Waals surface area contributed by atoms with Crippen LogP contribution in [0.3, 0.4) is 0 Å². The first-order valence-corrected chi connectivity index (χ1v) is 42.7. The van der Waals surface area contributed by atoms with Crippen molar-refractivity contribution in [1.82, 2.24) is 0 Å². The molecule has 0 saturated heterocycles. The van der Waals surface area contributed by atoms with Gasteiger partial charge in [0.15, 0.2) is 0 Å². The fourth-order valence-corrected chi connectivity index (χ4v) is 18.8. The number of carbonyl (C=O) groups excluding carboxylic acids is 2. The van der Waals surface area contributed by atoms with Crippen molar-refractivity contribution in [2.24, 2.45) is 0 Å². The van der Waals surface area contributed by atoms with Crippen LogP contribution in [-0.4, -0.2) is 26.2 Å². The minimum Gasteiger partial charge on any atom is -0.469 e. The van der Waals surface area contributed by atoms with Crippen molar-refractivity contribution in [3.63, 3.8) is 0 Å². The zero-order valence-electron chi connectivity index (χ0n) is 60.7. The highest BCUT2D eigenvalue weighted by Gasteiger charge is 2.28. The quantitative estimate of drug-likeness (QED) is 0.0398. The SMILES string of the molecule is CC(C)(c1ccc(/C=C/c2ccc(I)cc2)s1)c1ccc(/C=C/c2ccc(I)cc2)s1.COC(=O)CCc1ccc(N(c2ccc(/C=C/c3ccc(C(C)(C)c4ccc(/C=C/c5ccc(N(c6ccc(CCC(=O)OC)cc6)c6ccc(-c7cccs7)cc6)cc5)s4)s3)cc2)c2ccc(-c3cccs3)cc2)cc1. The summed E-state index contributed by atoms with van der Waals surface area (Å²) in [6.07, 6.45) is 19.6. The van der Waals surface area contributed by atoms with Gasteiger partial charge in [0.2, 0.25) is 0 Å². The van der Waals surface area contributed by atoms with Crippen LogP contribution >= 0.6 is 113 Å². The lowest BCUT2D eigenvalue weighted by Crippen LogP contribution is -2.15. The van der Waals surface area contributed by atoms with E-state index in [2.05, 4.69) is 409 Å². The van der Waals surface area contributed by atoms with Crippen LogP contribution in [0.5, 0.6) is 0 Å². The van der Waals surface area contributed by atoms with E-state index in [0.29, 0.717) is 25.7 Å². The van der Waals surface area contributed by atoms with E-state index in [1.165, 1.54) is 92.4 Å². The predicted molar refractivity (Wildman–Crippen MR) is 485 cm³/mol. The smallest absolute Gasteiger partial charge is 0.305 e. The van der Waals surface area contributed by atoms with Crippen molar-refractivity contribution in [2.75, 3.05) is 24.0 Å². The molecule has 6 heterocycles. The summed E-state index contributed by atoms with van der Waals surface area (Å²) in [6, 6.07) is 95.5. The molecule has 6 aromatic heterocycles. The third-order valence-electron chi connectivity index (χ3n) is 18.7. The number of ether oxygens (including phenoxy) is 2. The number of hydrogen-bond donors (Lipinski definition) is 0. The number of methoxy groups -OCH3 is 2. The molecule has 0 aliphatic rings. The number of hydrogen-bond acceptors (Lipinski definition) is 12. The Balaban J connectivity index is 0.000000276. The summed E-state index contributed by atoms with van der Waals surface area (Å²) in [5, 5.41) is 4.22. The molecule has 0 aliphatic heterocycles. The molecule has 14 rings (SSSR count). The van der Waals surface area contributed by atoms with E-state index in [1.807, 2.05) is 45.3 Å². The number of nitrogens with zero attached hydrogens (tertiary/aromatic N) is 2. The average molecular weight is 1750 g/mol. The van der Waals surface area contributed by atoms with E-state index in [0.717, 1.165) is 56.4 Å². The molecule has 0 radical (unpaired) electrons. The van der Waals surface area contributed by atoms with E-state index >= 15 is 0 Å². The van der Waals surface area contributed by atoms with Gasteiger partial charge >= 0.3 is 11.9 Å².